The quantitative estimate of drug-likeness (QED) is 0.858. The molecule has 1 amide bonds. The minimum atomic E-state index is -3.85. The van der Waals surface area contributed by atoms with Crippen molar-refractivity contribution >= 4 is 15.9 Å². The molecule has 0 spiro atoms. The van der Waals surface area contributed by atoms with Gasteiger partial charge >= 0.3 is 0 Å². The summed E-state index contributed by atoms with van der Waals surface area (Å²) < 4.78 is 28.2. The van der Waals surface area contributed by atoms with Crippen LogP contribution >= 0.6 is 0 Å². The van der Waals surface area contributed by atoms with Crippen LogP contribution in [0.5, 0.6) is 5.75 Å². The van der Waals surface area contributed by atoms with Crippen LogP contribution in [0.4, 0.5) is 0 Å². The van der Waals surface area contributed by atoms with Crippen LogP contribution in [0.15, 0.2) is 23.1 Å². The molecule has 3 N–H and O–H groups in total. The lowest BCUT2D eigenvalue weighted by Gasteiger charge is -2.15. The number of carbonyl (C=O) groups is 1. The van der Waals surface area contributed by atoms with E-state index in [0.717, 1.165) is 25.7 Å². The van der Waals surface area contributed by atoms with Gasteiger partial charge in [0, 0.05) is 6.04 Å². The van der Waals surface area contributed by atoms with Crippen molar-refractivity contribution in [2.45, 2.75) is 43.5 Å². The van der Waals surface area contributed by atoms with Crippen molar-refractivity contribution in [1.29, 1.82) is 0 Å². The first-order valence-corrected chi connectivity index (χ1v) is 8.57. The fraction of sp³-hybridized carbons (Fsp3) is 0.500. The summed E-state index contributed by atoms with van der Waals surface area (Å²) in [6, 6.07) is 4.22. The molecular weight excluding hydrogens is 292 g/mol. The molecule has 1 aromatic rings. The SMILES string of the molecule is CCOc1ccc(S(N)(=O)=O)cc1C(=O)NC1CCCC1. The molecule has 0 unspecified atom stereocenters. The fourth-order valence-electron chi connectivity index (χ4n) is 2.48. The topological polar surface area (TPSA) is 98.5 Å². The van der Waals surface area contributed by atoms with E-state index in [4.69, 9.17) is 9.88 Å². The number of hydrogen-bond acceptors (Lipinski definition) is 4. The molecule has 6 nitrogen and oxygen atoms in total. The molecule has 0 atom stereocenters. The fourth-order valence-corrected chi connectivity index (χ4v) is 3.02. The number of hydrogen-bond donors (Lipinski definition) is 2. The van der Waals surface area contributed by atoms with E-state index in [1.165, 1.54) is 18.2 Å². The van der Waals surface area contributed by atoms with E-state index in [0.29, 0.717) is 12.4 Å². The van der Waals surface area contributed by atoms with Gasteiger partial charge in [-0.05, 0) is 38.0 Å². The monoisotopic (exact) mass is 312 g/mol. The summed E-state index contributed by atoms with van der Waals surface area (Å²) in [5, 5.41) is 8.03. The Kier molecular flexibility index (Phi) is 4.84. The highest BCUT2D eigenvalue weighted by Gasteiger charge is 2.22. The van der Waals surface area contributed by atoms with Crippen LogP contribution in [0.3, 0.4) is 0 Å². The largest absolute Gasteiger partial charge is 0.493 e. The van der Waals surface area contributed by atoms with E-state index in [1.807, 2.05) is 0 Å². The molecule has 0 aliphatic heterocycles. The summed E-state index contributed by atoms with van der Waals surface area (Å²) in [5.74, 6) is 0.0382. The number of benzene rings is 1. The van der Waals surface area contributed by atoms with Crippen LogP contribution in [0.1, 0.15) is 43.0 Å². The zero-order valence-electron chi connectivity index (χ0n) is 12.0. The van der Waals surface area contributed by atoms with Crippen molar-refractivity contribution in [3.8, 4) is 5.75 Å². The van der Waals surface area contributed by atoms with Gasteiger partial charge in [0.15, 0.2) is 0 Å². The molecule has 0 saturated heterocycles. The van der Waals surface area contributed by atoms with Crippen molar-refractivity contribution in [2.75, 3.05) is 6.61 Å². The van der Waals surface area contributed by atoms with Crippen molar-refractivity contribution in [1.82, 2.24) is 5.32 Å². The number of carbonyl (C=O) groups excluding carboxylic acids is 1. The number of rotatable bonds is 5. The standard InChI is InChI=1S/C14H20N2O4S/c1-2-20-13-8-7-11(21(15,18)19)9-12(13)14(17)16-10-5-3-4-6-10/h7-10H,2-6H2,1H3,(H,16,17)(H2,15,18,19). The summed E-state index contributed by atoms with van der Waals surface area (Å²) in [5.41, 5.74) is 0.204. The number of primary sulfonamides is 1. The highest BCUT2D eigenvalue weighted by molar-refractivity contribution is 7.89. The molecule has 1 aromatic carbocycles. The molecule has 0 bridgehead atoms. The predicted molar refractivity (Wildman–Crippen MR) is 78.7 cm³/mol. The van der Waals surface area contributed by atoms with Gasteiger partial charge in [0.05, 0.1) is 17.1 Å². The lowest BCUT2D eigenvalue weighted by atomic mass is 10.1. The third-order valence-corrected chi connectivity index (χ3v) is 4.43. The Morgan fingerprint density at radius 3 is 2.62 bits per heavy atom. The first kappa shape index (κ1) is 15.8. The second-order valence-corrected chi connectivity index (χ2v) is 6.65. The minimum Gasteiger partial charge on any atom is -0.493 e. The smallest absolute Gasteiger partial charge is 0.255 e. The molecule has 21 heavy (non-hydrogen) atoms. The maximum absolute atomic E-state index is 12.3. The van der Waals surface area contributed by atoms with Gasteiger partial charge in [0.1, 0.15) is 5.75 Å². The van der Waals surface area contributed by atoms with E-state index in [9.17, 15) is 13.2 Å². The average Bonchev–Trinajstić information content (AvgIpc) is 2.91. The number of nitrogens with two attached hydrogens (primary N) is 1. The van der Waals surface area contributed by atoms with Crippen molar-refractivity contribution in [3.05, 3.63) is 23.8 Å². The Labute approximate surface area is 124 Å². The normalized spacial score (nSPS) is 15.9. The number of nitrogens with one attached hydrogen (secondary N) is 1. The van der Waals surface area contributed by atoms with E-state index in [-0.39, 0.29) is 22.4 Å². The Hall–Kier alpha value is -1.60. The van der Waals surface area contributed by atoms with Crippen LogP contribution < -0.4 is 15.2 Å². The molecule has 0 heterocycles. The Morgan fingerprint density at radius 1 is 1.38 bits per heavy atom. The molecule has 1 aliphatic carbocycles. The minimum absolute atomic E-state index is 0.0949. The summed E-state index contributed by atoms with van der Waals surface area (Å²) in [4.78, 5) is 12.3. The summed E-state index contributed by atoms with van der Waals surface area (Å²) in [7, 11) is -3.85. The first-order chi connectivity index (χ1) is 9.91. The van der Waals surface area contributed by atoms with Crippen LogP contribution in [-0.4, -0.2) is 27.0 Å². The molecule has 0 radical (unpaired) electrons. The number of amides is 1. The Bertz CT molecular complexity index is 622. The van der Waals surface area contributed by atoms with E-state index < -0.39 is 10.0 Å². The van der Waals surface area contributed by atoms with Gasteiger partial charge in [-0.3, -0.25) is 4.79 Å². The lowest BCUT2D eigenvalue weighted by molar-refractivity contribution is 0.0934. The second-order valence-electron chi connectivity index (χ2n) is 5.09. The third kappa shape index (κ3) is 3.95. The van der Waals surface area contributed by atoms with Crippen LogP contribution in [-0.2, 0) is 10.0 Å². The van der Waals surface area contributed by atoms with Gasteiger partial charge < -0.3 is 10.1 Å². The molecule has 1 fully saturated rings. The second kappa shape index (κ2) is 6.44. The van der Waals surface area contributed by atoms with E-state index >= 15 is 0 Å². The maximum Gasteiger partial charge on any atom is 0.255 e. The highest BCUT2D eigenvalue weighted by atomic mass is 32.2. The van der Waals surface area contributed by atoms with Crippen LogP contribution in [0, 0.1) is 0 Å². The summed E-state index contributed by atoms with van der Waals surface area (Å²) in [6.07, 6.45) is 4.09. The van der Waals surface area contributed by atoms with Gasteiger partial charge in [0.25, 0.3) is 5.91 Å². The molecule has 0 aromatic heterocycles. The zero-order chi connectivity index (χ0) is 15.5. The molecule has 1 aliphatic rings. The third-order valence-electron chi connectivity index (χ3n) is 3.51. The van der Waals surface area contributed by atoms with E-state index in [2.05, 4.69) is 5.32 Å². The van der Waals surface area contributed by atoms with Crippen molar-refractivity contribution < 1.29 is 17.9 Å². The van der Waals surface area contributed by atoms with Crippen LogP contribution in [0.2, 0.25) is 0 Å². The number of sulfonamides is 1. The molecule has 1 saturated carbocycles. The lowest BCUT2D eigenvalue weighted by Crippen LogP contribution is -2.33. The van der Waals surface area contributed by atoms with Crippen LogP contribution in [0.25, 0.3) is 0 Å². The maximum atomic E-state index is 12.3. The van der Waals surface area contributed by atoms with Crippen molar-refractivity contribution in [3.63, 3.8) is 0 Å². The highest BCUT2D eigenvalue weighted by Crippen LogP contribution is 2.24. The summed E-state index contributed by atoms with van der Waals surface area (Å²) >= 11 is 0. The van der Waals surface area contributed by atoms with Gasteiger partial charge in [0.2, 0.25) is 10.0 Å². The zero-order valence-corrected chi connectivity index (χ0v) is 12.8. The molecular formula is C14H20N2O4S. The Balaban J connectivity index is 2.30. The van der Waals surface area contributed by atoms with Gasteiger partial charge in [-0.15, -0.1) is 0 Å². The summed E-state index contributed by atoms with van der Waals surface area (Å²) in [6.45, 7) is 2.19. The predicted octanol–water partition coefficient (Wildman–Crippen LogP) is 1.41. The first-order valence-electron chi connectivity index (χ1n) is 7.02. The molecule has 7 heteroatoms. The molecule has 116 valence electrons. The van der Waals surface area contributed by atoms with Gasteiger partial charge in [-0.2, -0.15) is 0 Å². The average molecular weight is 312 g/mol. The van der Waals surface area contributed by atoms with Gasteiger partial charge in [-0.25, -0.2) is 13.6 Å². The van der Waals surface area contributed by atoms with E-state index in [1.54, 1.807) is 6.92 Å². The number of ether oxygens (including phenoxy) is 1. The van der Waals surface area contributed by atoms with Gasteiger partial charge in [-0.1, -0.05) is 12.8 Å². The van der Waals surface area contributed by atoms with Crippen molar-refractivity contribution in [2.24, 2.45) is 5.14 Å². The molecule has 2 rings (SSSR count). The Morgan fingerprint density at radius 2 is 2.05 bits per heavy atom.